The summed E-state index contributed by atoms with van der Waals surface area (Å²) in [7, 11) is 0. The van der Waals surface area contributed by atoms with Crippen molar-refractivity contribution in [2.75, 3.05) is 6.54 Å². The highest BCUT2D eigenvalue weighted by atomic mass is 79.9. The molecule has 0 aliphatic rings. The van der Waals surface area contributed by atoms with Gasteiger partial charge >= 0.3 is 6.09 Å². The number of hydrogen-bond donors (Lipinski definition) is 1. The number of ether oxygens (including phenoxy) is 1. The van der Waals surface area contributed by atoms with Crippen molar-refractivity contribution in [3.8, 4) is 0 Å². The van der Waals surface area contributed by atoms with Crippen LogP contribution in [0.15, 0.2) is 53.0 Å². The smallest absolute Gasteiger partial charge is 0.410 e. The monoisotopic (exact) mass is 451 g/mol. The zero-order chi connectivity index (χ0) is 20.9. The minimum Gasteiger partial charge on any atom is -0.444 e. The molecule has 0 fully saturated rings. The van der Waals surface area contributed by atoms with Crippen LogP contribution in [0.5, 0.6) is 0 Å². The molecule has 152 valence electrons. The van der Waals surface area contributed by atoms with Gasteiger partial charge in [-0.1, -0.05) is 40.2 Å². The molecule has 0 aliphatic carbocycles. The summed E-state index contributed by atoms with van der Waals surface area (Å²) < 4.78 is 19.6. The van der Waals surface area contributed by atoms with Gasteiger partial charge in [0.05, 0.1) is 12.1 Å². The fraction of sp³-hybridized carbons (Fsp3) is 0.409. The van der Waals surface area contributed by atoms with E-state index in [0.717, 1.165) is 10.0 Å². The third kappa shape index (κ3) is 6.60. The first-order valence-electron chi connectivity index (χ1n) is 9.25. The molecule has 0 bridgehead atoms. The molecule has 0 saturated heterocycles. The van der Waals surface area contributed by atoms with Crippen molar-refractivity contribution < 1.29 is 19.0 Å². The maximum absolute atomic E-state index is 13.1. The number of benzene rings is 2. The molecule has 28 heavy (non-hydrogen) atoms. The third-order valence-electron chi connectivity index (χ3n) is 4.35. The molecule has 1 N–H and O–H groups in total. The largest absolute Gasteiger partial charge is 0.444 e. The van der Waals surface area contributed by atoms with E-state index in [9.17, 15) is 14.3 Å². The molecule has 6 heteroatoms. The first kappa shape index (κ1) is 22.4. The Labute approximate surface area is 174 Å². The van der Waals surface area contributed by atoms with Gasteiger partial charge in [0.15, 0.2) is 0 Å². The Bertz CT molecular complexity index is 772. The molecule has 1 amide bonds. The number of rotatable bonds is 6. The molecule has 0 aliphatic heterocycles. The third-order valence-corrected chi connectivity index (χ3v) is 4.87. The summed E-state index contributed by atoms with van der Waals surface area (Å²) in [6, 6.07) is 13.2. The van der Waals surface area contributed by atoms with Crippen molar-refractivity contribution in [1.29, 1.82) is 0 Å². The van der Waals surface area contributed by atoms with Gasteiger partial charge < -0.3 is 14.7 Å². The second-order valence-corrected chi connectivity index (χ2v) is 8.67. The fourth-order valence-electron chi connectivity index (χ4n) is 2.80. The number of carbonyl (C=O) groups excluding carboxylic acids is 1. The van der Waals surface area contributed by atoms with E-state index in [0.29, 0.717) is 18.5 Å². The van der Waals surface area contributed by atoms with Crippen LogP contribution < -0.4 is 0 Å². The van der Waals surface area contributed by atoms with Crippen molar-refractivity contribution in [3.05, 3.63) is 69.9 Å². The molecule has 0 saturated carbocycles. The molecule has 2 unspecified atom stereocenters. The van der Waals surface area contributed by atoms with E-state index in [1.807, 2.05) is 52.0 Å². The van der Waals surface area contributed by atoms with Crippen LogP contribution in [0.2, 0.25) is 0 Å². The van der Waals surface area contributed by atoms with Gasteiger partial charge in [0.2, 0.25) is 0 Å². The first-order chi connectivity index (χ1) is 13.1. The lowest BCUT2D eigenvalue weighted by atomic mass is 10.0. The number of aliphatic hydroxyl groups excluding tert-OH is 1. The average molecular weight is 452 g/mol. The topological polar surface area (TPSA) is 49.8 Å². The Kier molecular flexibility index (Phi) is 7.61. The molecular weight excluding hydrogens is 425 g/mol. The maximum atomic E-state index is 13.1. The lowest BCUT2D eigenvalue weighted by Crippen LogP contribution is -2.39. The minimum absolute atomic E-state index is 0.233. The van der Waals surface area contributed by atoms with Crippen LogP contribution in [0.3, 0.4) is 0 Å². The Morgan fingerprint density at radius 2 is 1.64 bits per heavy atom. The van der Waals surface area contributed by atoms with Crippen molar-refractivity contribution in [1.82, 2.24) is 4.90 Å². The van der Waals surface area contributed by atoms with Crippen molar-refractivity contribution >= 4 is 22.0 Å². The SMILES string of the molecule is CC(c1ccc(Br)cc1)N(CCC(O)c1ccc(F)cc1)C(=O)OC(C)(C)C. The van der Waals surface area contributed by atoms with Gasteiger partial charge in [-0.3, -0.25) is 0 Å². The summed E-state index contributed by atoms with van der Waals surface area (Å²) in [5.41, 5.74) is 0.955. The molecule has 0 aromatic heterocycles. The predicted molar refractivity (Wildman–Crippen MR) is 111 cm³/mol. The van der Waals surface area contributed by atoms with Crippen LogP contribution in [0.1, 0.15) is 57.4 Å². The number of carbonyl (C=O) groups is 1. The maximum Gasteiger partial charge on any atom is 0.410 e. The number of halogens is 2. The highest BCUT2D eigenvalue weighted by Crippen LogP contribution is 2.26. The number of nitrogens with zero attached hydrogens (tertiary/aromatic N) is 1. The van der Waals surface area contributed by atoms with Crippen LogP contribution in [0, 0.1) is 5.82 Å². The van der Waals surface area contributed by atoms with Gasteiger partial charge in [0.25, 0.3) is 0 Å². The molecule has 2 aromatic carbocycles. The van der Waals surface area contributed by atoms with Crippen molar-refractivity contribution in [2.24, 2.45) is 0 Å². The van der Waals surface area contributed by atoms with E-state index in [2.05, 4.69) is 15.9 Å². The highest BCUT2D eigenvalue weighted by molar-refractivity contribution is 9.10. The quantitative estimate of drug-likeness (QED) is 0.584. The number of aliphatic hydroxyl groups is 1. The van der Waals surface area contributed by atoms with Gasteiger partial charge in [-0.25, -0.2) is 9.18 Å². The molecule has 2 atom stereocenters. The van der Waals surface area contributed by atoms with E-state index in [1.165, 1.54) is 12.1 Å². The fourth-order valence-corrected chi connectivity index (χ4v) is 3.06. The Morgan fingerprint density at radius 3 is 2.18 bits per heavy atom. The molecule has 4 nitrogen and oxygen atoms in total. The Balaban J connectivity index is 2.16. The van der Waals surface area contributed by atoms with E-state index >= 15 is 0 Å². The van der Waals surface area contributed by atoms with Gasteiger partial charge in [0, 0.05) is 11.0 Å². The highest BCUT2D eigenvalue weighted by Gasteiger charge is 2.27. The summed E-state index contributed by atoms with van der Waals surface area (Å²) in [5, 5.41) is 10.5. The summed E-state index contributed by atoms with van der Waals surface area (Å²) in [6.07, 6.45) is -0.928. The van der Waals surface area contributed by atoms with E-state index < -0.39 is 17.8 Å². The van der Waals surface area contributed by atoms with Crippen molar-refractivity contribution in [2.45, 2.75) is 51.9 Å². The van der Waals surface area contributed by atoms with Gasteiger partial charge in [-0.05, 0) is 69.5 Å². The standard InChI is InChI=1S/C22H27BrFNO3/c1-15(16-5-9-18(23)10-6-16)25(21(27)28-22(2,3)4)14-13-20(26)17-7-11-19(24)12-8-17/h5-12,15,20,26H,13-14H2,1-4H3. The van der Waals surface area contributed by atoms with Gasteiger partial charge in [-0.15, -0.1) is 0 Å². The summed E-state index contributed by atoms with van der Waals surface area (Å²) in [4.78, 5) is 14.4. The second kappa shape index (κ2) is 9.52. The molecule has 0 radical (unpaired) electrons. The molecule has 2 aromatic rings. The van der Waals surface area contributed by atoms with Crippen LogP contribution in [0.4, 0.5) is 9.18 Å². The lowest BCUT2D eigenvalue weighted by molar-refractivity contribution is 0.0140. The summed E-state index contributed by atoms with van der Waals surface area (Å²) >= 11 is 3.42. The molecule has 0 heterocycles. The average Bonchev–Trinajstić information content (AvgIpc) is 2.61. The molecule has 0 spiro atoms. The van der Waals surface area contributed by atoms with Crippen LogP contribution in [-0.4, -0.2) is 28.2 Å². The van der Waals surface area contributed by atoms with E-state index in [-0.39, 0.29) is 11.9 Å². The Hall–Kier alpha value is -1.92. The van der Waals surface area contributed by atoms with Gasteiger partial charge in [0.1, 0.15) is 11.4 Å². The lowest BCUT2D eigenvalue weighted by Gasteiger charge is -2.32. The predicted octanol–water partition coefficient (Wildman–Crippen LogP) is 6.01. The van der Waals surface area contributed by atoms with Gasteiger partial charge in [-0.2, -0.15) is 0 Å². The normalized spacial score (nSPS) is 13.7. The minimum atomic E-state index is -0.803. The molecular formula is C22H27BrFNO3. The van der Waals surface area contributed by atoms with Crippen molar-refractivity contribution in [3.63, 3.8) is 0 Å². The first-order valence-corrected chi connectivity index (χ1v) is 10.0. The van der Waals surface area contributed by atoms with Crippen LogP contribution >= 0.6 is 15.9 Å². The second-order valence-electron chi connectivity index (χ2n) is 7.76. The molecule has 2 rings (SSSR count). The number of amides is 1. The van der Waals surface area contributed by atoms with Crippen LogP contribution in [-0.2, 0) is 4.74 Å². The zero-order valence-corrected chi connectivity index (χ0v) is 18.2. The zero-order valence-electron chi connectivity index (χ0n) is 16.7. The summed E-state index contributed by atoms with van der Waals surface area (Å²) in [5.74, 6) is -0.352. The van der Waals surface area contributed by atoms with Crippen LogP contribution in [0.25, 0.3) is 0 Å². The Morgan fingerprint density at radius 1 is 1.11 bits per heavy atom. The number of hydrogen-bond acceptors (Lipinski definition) is 3. The van der Waals surface area contributed by atoms with E-state index in [1.54, 1.807) is 17.0 Å². The van der Waals surface area contributed by atoms with E-state index in [4.69, 9.17) is 4.74 Å². The summed E-state index contributed by atoms with van der Waals surface area (Å²) in [6.45, 7) is 7.68.